The quantitative estimate of drug-likeness (QED) is 0.550. The maximum absolute atomic E-state index is 10.9. The molecule has 0 unspecified atom stereocenters. The molecule has 0 aliphatic rings. The molecule has 1 aromatic heterocycles. The van der Waals surface area contributed by atoms with Gasteiger partial charge in [-0.1, -0.05) is 13.3 Å². The number of aromatic nitrogens is 2. The Bertz CT molecular complexity index is 357. The van der Waals surface area contributed by atoms with E-state index in [2.05, 4.69) is 32.3 Å². The summed E-state index contributed by atoms with van der Waals surface area (Å²) >= 11 is 0. The Morgan fingerprint density at radius 1 is 1.35 bits per heavy atom. The Morgan fingerprint density at radius 3 is 2.71 bits per heavy atom. The molecule has 1 aromatic rings. The van der Waals surface area contributed by atoms with Crippen LogP contribution in [0.3, 0.4) is 0 Å². The lowest BCUT2D eigenvalue weighted by molar-refractivity contribution is -0.138. The average molecular weight is 238 g/mol. The molecule has 0 saturated heterocycles. The minimum Gasteiger partial charge on any atom is -0.468 e. The lowest BCUT2D eigenvalue weighted by atomic mass is 10.3. The van der Waals surface area contributed by atoms with Crippen LogP contribution in [0.25, 0.3) is 0 Å². The highest BCUT2D eigenvalue weighted by atomic mass is 16.5. The lowest BCUT2D eigenvalue weighted by Crippen LogP contribution is -2.16. The summed E-state index contributed by atoms with van der Waals surface area (Å²) in [4.78, 5) is 19.0. The molecule has 1 heterocycles. The molecule has 6 nitrogen and oxygen atoms in total. The van der Waals surface area contributed by atoms with Gasteiger partial charge < -0.3 is 15.4 Å². The van der Waals surface area contributed by atoms with Crippen LogP contribution in [0.2, 0.25) is 0 Å². The number of hydrogen-bond donors (Lipinski definition) is 2. The number of nitrogens with one attached hydrogen (secondary N) is 2. The van der Waals surface area contributed by atoms with Crippen molar-refractivity contribution in [2.45, 2.75) is 19.8 Å². The minimum absolute atomic E-state index is 0.0991. The minimum atomic E-state index is -0.330. The lowest BCUT2D eigenvalue weighted by Gasteiger charge is -2.07. The van der Waals surface area contributed by atoms with Gasteiger partial charge in [0.25, 0.3) is 0 Å². The van der Waals surface area contributed by atoms with Gasteiger partial charge in [0.2, 0.25) is 0 Å². The molecular formula is C11H18N4O2. The highest BCUT2D eigenvalue weighted by Gasteiger charge is 2.01. The molecule has 17 heavy (non-hydrogen) atoms. The third-order valence-corrected chi connectivity index (χ3v) is 2.15. The van der Waals surface area contributed by atoms with Crippen molar-refractivity contribution in [3.63, 3.8) is 0 Å². The Hall–Kier alpha value is -1.85. The van der Waals surface area contributed by atoms with Crippen molar-refractivity contribution in [1.82, 2.24) is 9.97 Å². The van der Waals surface area contributed by atoms with Crippen LogP contribution in [-0.2, 0) is 9.53 Å². The van der Waals surface area contributed by atoms with Gasteiger partial charge in [0.05, 0.1) is 7.11 Å². The Labute approximate surface area is 101 Å². The van der Waals surface area contributed by atoms with Crippen LogP contribution in [-0.4, -0.2) is 36.1 Å². The maximum Gasteiger partial charge on any atom is 0.325 e. The van der Waals surface area contributed by atoms with Gasteiger partial charge in [-0.25, -0.2) is 9.97 Å². The number of methoxy groups -OCH3 is 1. The number of carbonyl (C=O) groups excluding carboxylic acids is 1. The molecule has 0 radical (unpaired) electrons. The summed E-state index contributed by atoms with van der Waals surface area (Å²) in [5, 5.41) is 6.04. The number of carbonyl (C=O) groups is 1. The normalized spacial score (nSPS) is 9.76. The van der Waals surface area contributed by atoms with E-state index in [0.717, 1.165) is 25.2 Å². The fraction of sp³-hybridized carbons (Fsp3) is 0.545. The zero-order valence-corrected chi connectivity index (χ0v) is 10.2. The molecule has 0 aliphatic heterocycles. The van der Waals surface area contributed by atoms with Crippen molar-refractivity contribution in [1.29, 1.82) is 0 Å². The summed E-state index contributed by atoms with van der Waals surface area (Å²) in [6.07, 6.45) is 3.67. The van der Waals surface area contributed by atoms with Gasteiger partial charge in [-0.15, -0.1) is 0 Å². The summed E-state index contributed by atoms with van der Waals surface area (Å²) in [6, 6.07) is 1.76. The first-order chi connectivity index (χ1) is 8.26. The maximum atomic E-state index is 10.9. The van der Waals surface area contributed by atoms with E-state index in [1.54, 1.807) is 6.07 Å². The van der Waals surface area contributed by atoms with Crippen LogP contribution < -0.4 is 10.6 Å². The molecule has 1 rings (SSSR count). The summed E-state index contributed by atoms with van der Waals surface area (Å²) < 4.78 is 4.52. The number of unbranched alkanes of at least 4 members (excludes halogenated alkanes) is 1. The van der Waals surface area contributed by atoms with Gasteiger partial charge in [-0.3, -0.25) is 4.79 Å². The number of ether oxygens (including phenoxy) is 1. The Balaban J connectivity index is 2.44. The van der Waals surface area contributed by atoms with Crippen molar-refractivity contribution in [3.05, 3.63) is 12.4 Å². The van der Waals surface area contributed by atoms with E-state index in [-0.39, 0.29) is 12.5 Å². The molecule has 94 valence electrons. The topological polar surface area (TPSA) is 76.1 Å². The number of nitrogens with zero attached hydrogens (tertiary/aromatic N) is 2. The first-order valence-electron chi connectivity index (χ1n) is 5.63. The number of esters is 1. The second-order valence-corrected chi connectivity index (χ2v) is 3.50. The van der Waals surface area contributed by atoms with Crippen LogP contribution >= 0.6 is 0 Å². The van der Waals surface area contributed by atoms with Crippen molar-refractivity contribution >= 4 is 17.6 Å². The van der Waals surface area contributed by atoms with Crippen LogP contribution in [0.15, 0.2) is 12.4 Å². The summed E-state index contributed by atoms with van der Waals surface area (Å²) in [7, 11) is 1.35. The number of hydrogen-bond acceptors (Lipinski definition) is 6. The van der Waals surface area contributed by atoms with E-state index >= 15 is 0 Å². The molecule has 2 N–H and O–H groups in total. The van der Waals surface area contributed by atoms with E-state index in [4.69, 9.17) is 0 Å². The van der Waals surface area contributed by atoms with Crippen LogP contribution in [0.4, 0.5) is 11.6 Å². The molecule has 0 aromatic carbocycles. The second kappa shape index (κ2) is 7.43. The van der Waals surface area contributed by atoms with Gasteiger partial charge in [0.15, 0.2) is 0 Å². The molecule has 0 fully saturated rings. The molecule has 0 aliphatic carbocycles. The van der Waals surface area contributed by atoms with Gasteiger partial charge in [0, 0.05) is 12.6 Å². The monoisotopic (exact) mass is 238 g/mol. The zero-order valence-electron chi connectivity index (χ0n) is 10.2. The first-order valence-corrected chi connectivity index (χ1v) is 5.63. The molecular weight excluding hydrogens is 220 g/mol. The highest BCUT2D eigenvalue weighted by Crippen LogP contribution is 2.08. The fourth-order valence-electron chi connectivity index (χ4n) is 1.18. The van der Waals surface area contributed by atoms with Gasteiger partial charge >= 0.3 is 5.97 Å². The number of anilines is 2. The zero-order chi connectivity index (χ0) is 12.5. The highest BCUT2D eigenvalue weighted by molar-refractivity contribution is 5.74. The molecule has 0 amide bonds. The van der Waals surface area contributed by atoms with E-state index in [1.165, 1.54) is 13.4 Å². The third kappa shape index (κ3) is 5.14. The summed E-state index contributed by atoms with van der Waals surface area (Å²) in [5.74, 6) is 1.02. The Morgan fingerprint density at radius 2 is 2.06 bits per heavy atom. The van der Waals surface area contributed by atoms with E-state index in [0.29, 0.717) is 5.82 Å². The summed E-state index contributed by atoms with van der Waals surface area (Å²) in [6.45, 7) is 3.11. The third-order valence-electron chi connectivity index (χ3n) is 2.15. The molecule has 0 bridgehead atoms. The molecule has 6 heteroatoms. The van der Waals surface area contributed by atoms with E-state index in [9.17, 15) is 4.79 Å². The number of rotatable bonds is 7. The van der Waals surface area contributed by atoms with Gasteiger partial charge in [0.1, 0.15) is 24.5 Å². The SMILES string of the molecule is CCCCNc1cc(NCC(=O)OC)ncn1. The van der Waals surface area contributed by atoms with E-state index < -0.39 is 0 Å². The van der Waals surface area contributed by atoms with Gasteiger partial charge in [-0.2, -0.15) is 0 Å². The van der Waals surface area contributed by atoms with Gasteiger partial charge in [-0.05, 0) is 6.42 Å². The van der Waals surface area contributed by atoms with Crippen molar-refractivity contribution in [3.8, 4) is 0 Å². The fourth-order valence-corrected chi connectivity index (χ4v) is 1.18. The Kier molecular flexibility index (Phi) is 5.77. The van der Waals surface area contributed by atoms with Crippen molar-refractivity contribution < 1.29 is 9.53 Å². The standard InChI is InChI=1S/C11H18N4O2/c1-3-4-5-12-9-6-10(15-8-14-9)13-7-11(16)17-2/h6,8H,3-5,7H2,1-2H3,(H2,12,13,14,15). The van der Waals surface area contributed by atoms with Crippen LogP contribution in [0.1, 0.15) is 19.8 Å². The van der Waals surface area contributed by atoms with Crippen molar-refractivity contribution in [2.75, 3.05) is 30.8 Å². The van der Waals surface area contributed by atoms with Crippen molar-refractivity contribution in [2.24, 2.45) is 0 Å². The summed E-state index contributed by atoms with van der Waals surface area (Å²) in [5.41, 5.74) is 0. The predicted octanol–water partition coefficient (Wildman–Crippen LogP) is 1.27. The predicted molar refractivity (Wildman–Crippen MR) is 65.9 cm³/mol. The van der Waals surface area contributed by atoms with E-state index in [1.807, 2.05) is 0 Å². The van der Waals surface area contributed by atoms with Crippen LogP contribution in [0, 0.1) is 0 Å². The largest absolute Gasteiger partial charge is 0.468 e. The second-order valence-electron chi connectivity index (χ2n) is 3.50. The molecule has 0 spiro atoms. The first kappa shape index (κ1) is 13.2. The molecule has 0 saturated carbocycles. The van der Waals surface area contributed by atoms with Crippen LogP contribution in [0.5, 0.6) is 0 Å². The average Bonchev–Trinajstić information content (AvgIpc) is 2.37. The smallest absolute Gasteiger partial charge is 0.325 e. The molecule has 0 atom stereocenters.